The molecule has 5 heteroatoms. The van der Waals surface area contributed by atoms with Crippen molar-refractivity contribution in [1.29, 1.82) is 0 Å². The number of anilines is 1. The summed E-state index contributed by atoms with van der Waals surface area (Å²) in [5.74, 6) is 0.749. The van der Waals surface area contributed by atoms with Gasteiger partial charge in [0.2, 0.25) is 0 Å². The van der Waals surface area contributed by atoms with Gasteiger partial charge in [-0.05, 0) is 40.6 Å². The van der Waals surface area contributed by atoms with Gasteiger partial charge >= 0.3 is 0 Å². The van der Waals surface area contributed by atoms with Crippen LogP contribution in [0.1, 0.15) is 5.56 Å². The molecule has 1 aliphatic rings. The average molecular weight is 363 g/mol. The minimum atomic E-state index is -0.528. The number of fused-ring (bicyclic) bond motifs is 1. The molecule has 1 atom stereocenters. The molecule has 0 aliphatic carbocycles. The summed E-state index contributed by atoms with van der Waals surface area (Å²) in [4.78, 5) is 14.0. The van der Waals surface area contributed by atoms with Gasteiger partial charge in [0.05, 0.1) is 6.61 Å². The largest absolute Gasteiger partial charge is 0.489 e. The van der Waals surface area contributed by atoms with E-state index in [1.807, 2.05) is 66.7 Å². The van der Waals surface area contributed by atoms with Gasteiger partial charge in [-0.1, -0.05) is 42.5 Å². The van der Waals surface area contributed by atoms with Crippen molar-refractivity contribution in [2.24, 2.45) is 0 Å². The number of amides is 1. The molecule has 1 aliphatic heterocycles. The molecule has 138 valence electrons. The van der Waals surface area contributed by atoms with Gasteiger partial charge in [-0.3, -0.25) is 9.69 Å². The molecule has 3 aromatic rings. The quantitative estimate of drug-likeness (QED) is 0.669. The van der Waals surface area contributed by atoms with E-state index in [9.17, 15) is 4.79 Å². The number of rotatable bonds is 6. The third kappa shape index (κ3) is 3.79. The minimum Gasteiger partial charge on any atom is -0.489 e. The Kier molecular flexibility index (Phi) is 5.05. The maximum atomic E-state index is 12.4. The number of benzene rings is 3. The summed E-state index contributed by atoms with van der Waals surface area (Å²) in [7, 11) is 1.56. The van der Waals surface area contributed by atoms with Gasteiger partial charge in [-0.2, -0.15) is 0 Å². The van der Waals surface area contributed by atoms with E-state index in [4.69, 9.17) is 14.2 Å². The standard InChI is InChI=1S/C22H21NO4/c1-25-14-21-22(24)23(15-27-21)19-9-7-18-12-20(10-8-17(18)11-19)26-13-16-5-3-2-4-6-16/h2-12,21H,13-15H2,1H3. The van der Waals surface area contributed by atoms with Crippen molar-refractivity contribution >= 4 is 22.4 Å². The highest BCUT2D eigenvalue weighted by Gasteiger charge is 2.33. The highest BCUT2D eigenvalue weighted by atomic mass is 16.6. The molecule has 1 amide bonds. The summed E-state index contributed by atoms with van der Waals surface area (Å²) in [5, 5.41) is 2.10. The lowest BCUT2D eigenvalue weighted by atomic mass is 10.1. The van der Waals surface area contributed by atoms with Crippen LogP contribution in [0.4, 0.5) is 5.69 Å². The van der Waals surface area contributed by atoms with Crippen molar-refractivity contribution in [3.8, 4) is 5.75 Å². The van der Waals surface area contributed by atoms with E-state index < -0.39 is 6.10 Å². The fourth-order valence-corrected chi connectivity index (χ4v) is 3.16. The van der Waals surface area contributed by atoms with E-state index in [1.54, 1.807) is 12.0 Å². The number of hydrogen-bond donors (Lipinski definition) is 0. The molecule has 27 heavy (non-hydrogen) atoms. The predicted octanol–water partition coefficient (Wildman–Crippen LogP) is 3.75. The van der Waals surface area contributed by atoms with Gasteiger partial charge < -0.3 is 14.2 Å². The fourth-order valence-electron chi connectivity index (χ4n) is 3.16. The maximum Gasteiger partial charge on any atom is 0.260 e. The van der Waals surface area contributed by atoms with E-state index in [0.29, 0.717) is 6.61 Å². The van der Waals surface area contributed by atoms with Gasteiger partial charge in [0.15, 0.2) is 6.10 Å². The summed E-state index contributed by atoms with van der Waals surface area (Å²) in [6, 6.07) is 22.0. The number of nitrogens with zero attached hydrogens (tertiary/aromatic N) is 1. The van der Waals surface area contributed by atoms with Crippen LogP contribution in [0.5, 0.6) is 5.75 Å². The molecule has 1 saturated heterocycles. The van der Waals surface area contributed by atoms with Crippen LogP contribution in [0.3, 0.4) is 0 Å². The second-order valence-corrected chi connectivity index (χ2v) is 6.47. The van der Waals surface area contributed by atoms with Crippen molar-refractivity contribution in [2.45, 2.75) is 12.7 Å². The predicted molar refractivity (Wildman–Crippen MR) is 104 cm³/mol. The molecule has 0 saturated carbocycles. The van der Waals surface area contributed by atoms with Gasteiger partial charge in [0.25, 0.3) is 5.91 Å². The van der Waals surface area contributed by atoms with Gasteiger partial charge in [-0.25, -0.2) is 0 Å². The van der Waals surface area contributed by atoms with Crippen LogP contribution in [0.2, 0.25) is 0 Å². The SMILES string of the molecule is COCC1OCN(c2ccc3cc(OCc4ccccc4)ccc3c2)C1=O. The Labute approximate surface area is 158 Å². The molecular formula is C22H21NO4. The molecule has 0 spiro atoms. The smallest absolute Gasteiger partial charge is 0.260 e. The summed E-state index contributed by atoms with van der Waals surface area (Å²) < 4.78 is 16.4. The summed E-state index contributed by atoms with van der Waals surface area (Å²) in [6.45, 7) is 1.05. The van der Waals surface area contributed by atoms with Crippen molar-refractivity contribution in [3.63, 3.8) is 0 Å². The zero-order valence-corrected chi connectivity index (χ0v) is 15.1. The van der Waals surface area contributed by atoms with E-state index in [0.717, 1.165) is 27.8 Å². The second-order valence-electron chi connectivity index (χ2n) is 6.47. The zero-order chi connectivity index (χ0) is 18.6. The van der Waals surface area contributed by atoms with Crippen molar-refractivity contribution < 1.29 is 19.0 Å². The third-order valence-electron chi connectivity index (χ3n) is 4.62. The number of ether oxygens (including phenoxy) is 3. The van der Waals surface area contributed by atoms with Gasteiger partial charge in [0, 0.05) is 12.8 Å². The lowest BCUT2D eigenvalue weighted by Crippen LogP contribution is -2.31. The first-order chi connectivity index (χ1) is 13.2. The molecule has 1 unspecified atom stereocenters. The number of hydrogen-bond acceptors (Lipinski definition) is 4. The van der Waals surface area contributed by atoms with Crippen LogP contribution >= 0.6 is 0 Å². The second kappa shape index (κ2) is 7.78. The van der Waals surface area contributed by atoms with Crippen LogP contribution < -0.4 is 9.64 Å². The Hall–Kier alpha value is -2.89. The van der Waals surface area contributed by atoms with Crippen molar-refractivity contribution in [3.05, 3.63) is 72.3 Å². The van der Waals surface area contributed by atoms with E-state index in [1.165, 1.54) is 0 Å². The first-order valence-electron chi connectivity index (χ1n) is 8.87. The molecule has 0 bridgehead atoms. The monoisotopic (exact) mass is 363 g/mol. The van der Waals surface area contributed by atoms with E-state index >= 15 is 0 Å². The number of carbonyl (C=O) groups is 1. The molecule has 3 aromatic carbocycles. The highest BCUT2D eigenvalue weighted by molar-refractivity contribution is 6.00. The van der Waals surface area contributed by atoms with Crippen molar-refractivity contribution in [1.82, 2.24) is 0 Å². The average Bonchev–Trinajstić information content (AvgIpc) is 3.07. The van der Waals surface area contributed by atoms with Crippen LogP contribution in [0.15, 0.2) is 66.7 Å². The maximum absolute atomic E-state index is 12.4. The normalized spacial score (nSPS) is 16.9. The summed E-state index contributed by atoms with van der Waals surface area (Å²) >= 11 is 0. The Bertz CT molecular complexity index is 941. The summed E-state index contributed by atoms with van der Waals surface area (Å²) in [5.41, 5.74) is 1.95. The first-order valence-corrected chi connectivity index (χ1v) is 8.87. The van der Waals surface area contributed by atoms with Gasteiger partial charge in [0.1, 0.15) is 19.1 Å². The van der Waals surface area contributed by atoms with Gasteiger partial charge in [-0.15, -0.1) is 0 Å². The Morgan fingerprint density at radius 3 is 2.63 bits per heavy atom. The van der Waals surface area contributed by atoms with Crippen LogP contribution in [0, 0.1) is 0 Å². The van der Waals surface area contributed by atoms with Crippen LogP contribution in [0.25, 0.3) is 10.8 Å². The molecule has 0 N–H and O–H groups in total. The fraction of sp³-hybridized carbons (Fsp3) is 0.227. The van der Waals surface area contributed by atoms with E-state index in [-0.39, 0.29) is 19.2 Å². The zero-order valence-electron chi connectivity index (χ0n) is 15.1. The molecule has 5 nitrogen and oxygen atoms in total. The lowest BCUT2D eigenvalue weighted by molar-refractivity contribution is -0.124. The van der Waals surface area contributed by atoms with Crippen LogP contribution in [-0.2, 0) is 20.9 Å². The third-order valence-corrected chi connectivity index (χ3v) is 4.62. The number of carbonyl (C=O) groups excluding carboxylic acids is 1. The molecule has 4 rings (SSSR count). The molecule has 1 fully saturated rings. The minimum absolute atomic E-state index is 0.0704. The topological polar surface area (TPSA) is 48.0 Å². The molecule has 0 aromatic heterocycles. The first kappa shape index (κ1) is 17.5. The highest BCUT2D eigenvalue weighted by Crippen LogP contribution is 2.28. The lowest BCUT2D eigenvalue weighted by Gasteiger charge is -2.15. The summed E-state index contributed by atoms with van der Waals surface area (Å²) in [6.07, 6.45) is -0.528. The van der Waals surface area contributed by atoms with Crippen molar-refractivity contribution in [2.75, 3.05) is 25.3 Å². The Balaban J connectivity index is 1.50. The number of methoxy groups -OCH3 is 1. The van der Waals surface area contributed by atoms with E-state index in [2.05, 4.69) is 0 Å². The Morgan fingerprint density at radius 1 is 1.04 bits per heavy atom. The Morgan fingerprint density at radius 2 is 1.81 bits per heavy atom. The molecule has 0 radical (unpaired) electrons. The molecule has 1 heterocycles. The molecular weight excluding hydrogens is 342 g/mol. The van der Waals surface area contributed by atoms with Crippen LogP contribution in [-0.4, -0.2) is 32.5 Å².